The molecule has 0 saturated carbocycles. The molecule has 0 atom stereocenters. The average Bonchev–Trinajstić information content (AvgIpc) is 3.08. The van der Waals surface area contributed by atoms with Gasteiger partial charge in [0.15, 0.2) is 0 Å². The maximum Gasteiger partial charge on any atom is 0.292 e. The van der Waals surface area contributed by atoms with Gasteiger partial charge in [0.05, 0.1) is 24.1 Å². The number of carbonyl (C=O) groups is 1. The molecule has 1 N–H and O–H groups in total. The quantitative estimate of drug-likeness (QED) is 0.616. The second kappa shape index (κ2) is 9.48. The summed E-state index contributed by atoms with van der Waals surface area (Å²) in [6.07, 6.45) is 1.60. The van der Waals surface area contributed by atoms with Crippen molar-refractivity contribution in [1.29, 1.82) is 5.26 Å². The van der Waals surface area contributed by atoms with Crippen molar-refractivity contribution in [3.8, 4) is 11.8 Å². The summed E-state index contributed by atoms with van der Waals surface area (Å²) in [7, 11) is 0. The molecule has 0 bridgehead atoms. The van der Waals surface area contributed by atoms with Crippen molar-refractivity contribution >= 4 is 29.1 Å². The van der Waals surface area contributed by atoms with Gasteiger partial charge in [-0.05, 0) is 26.0 Å². The Bertz CT molecular complexity index is 1270. The topological polar surface area (TPSA) is 107 Å². The zero-order valence-electron chi connectivity index (χ0n) is 18.3. The standard InChI is InChI=1S/C23H23ClN6O3/c1-15-16(2)33-22(18(15)12-25)27-20(31)14-28-8-10-29(11-9-28)19-13-26-30(23(32)21(19)24)17-6-4-3-5-7-17/h3-7,13H,8-11,14H2,1-2H3,(H,27,31). The van der Waals surface area contributed by atoms with Crippen LogP contribution in [0.1, 0.15) is 16.9 Å². The summed E-state index contributed by atoms with van der Waals surface area (Å²) in [6.45, 7) is 6.09. The second-order valence-electron chi connectivity index (χ2n) is 7.81. The fraction of sp³-hybridized carbons (Fsp3) is 0.304. The molecule has 1 fully saturated rings. The van der Waals surface area contributed by atoms with Gasteiger partial charge < -0.3 is 9.32 Å². The number of anilines is 2. The van der Waals surface area contributed by atoms with Gasteiger partial charge in [-0.1, -0.05) is 29.8 Å². The molecule has 10 heteroatoms. The van der Waals surface area contributed by atoms with Gasteiger partial charge in [0.1, 0.15) is 22.4 Å². The number of benzene rings is 1. The lowest BCUT2D eigenvalue weighted by Gasteiger charge is -2.35. The SMILES string of the molecule is Cc1oc(NC(=O)CN2CCN(c3cnn(-c4ccccc4)c(=O)c3Cl)CC2)c(C#N)c1C. The lowest BCUT2D eigenvalue weighted by atomic mass is 10.2. The molecule has 0 aliphatic carbocycles. The van der Waals surface area contributed by atoms with Crippen LogP contribution in [0.5, 0.6) is 0 Å². The van der Waals surface area contributed by atoms with Gasteiger partial charge in [-0.2, -0.15) is 15.0 Å². The third-order valence-electron chi connectivity index (χ3n) is 5.73. The highest BCUT2D eigenvalue weighted by molar-refractivity contribution is 6.33. The van der Waals surface area contributed by atoms with Crippen LogP contribution in [0.2, 0.25) is 5.02 Å². The van der Waals surface area contributed by atoms with E-state index in [0.717, 1.165) is 5.56 Å². The smallest absolute Gasteiger partial charge is 0.292 e. The Balaban J connectivity index is 1.38. The number of furan rings is 1. The van der Waals surface area contributed by atoms with E-state index < -0.39 is 0 Å². The molecule has 4 rings (SSSR count). The number of aryl methyl sites for hydroxylation is 1. The summed E-state index contributed by atoms with van der Waals surface area (Å²) in [6, 6.07) is 11.2. The van der Waals surface area contributed by atoms with E-state index in [4.69, 9.17) is 16.0 Å². The van der Waals surface area contributed by atoms with Crippen molar-refractivity contribution < 1.29 is 9.21 Å². The molecule has 1 aromatic carbocycles. The normalized spacial score (nSPS) is 14.2. The van der Waals surface area contributed by atoms with Crippen LogP contribution in [0.3, 0.4) is 0 Å². The molecule has 0 unspecified atom stereocenters. The zero-order chi connectivity index (χ0) is 23.5. The Morgan fingerprint density at radius 3 is 2.58 bits per heavy atom. The highest BCUT2D eigenvalue weighted by atomic mass is 35.5. The minimum absolute atomic E-state index is 0.118. The molecule has 170 valence electrons. The van der Waals surface area contributed by atoms with Crippen LogP contribution < -0.4 is 15.8 Å². The van der Waals surface area contributed by atoms with E-state index in [1.165, 1.54) is 4.68 Å². The van der Waals surface area contributed by atoms with Crippen molar-refractivity contribution in [2.24, 2.45) is 0 Å². The lowest BCUT2D eigenvalue weighted by molar-refractivity contribution is -0.117. The Labute approximate surface area is 195 Å². The van der Waals surface area contributed by atoms with Crippen molar-refractivity contribution in [1.82, 2.24) is 14.7 Å². The van der Waals surface area contributed by atoms with Crippen LogP contribution in [0, 0.1) is 25.2 Å². The van der Waals surface area contributed by atoms with Crippen LogP contribution in [-0.2, 0) is 4.79 Å². The summed E-state index contributed by atoms with van der Waals surface area (Å²) in [5, 5.41) is 16.4. The molecule has 3 aromatic rings. The Morgan fingerprint density at radius 1 is 1.21 bits per heavy atom. The van der Waals surface area contributed by atoms with E-state index in [2.05, 4.69) is 16.5 Å². The number of nitriles is 1. The van der Waals surface area contributed by atoms with Gasteiger partial charge in [0.25, 0.3) is 5.56 Å². The molecule has 9 nitrogen and oxygen atoms in total. The van der Waals surface area contributed by atoms with E-state index in [1.54, 1.807) is 32.2 Å². The fourth-order valence-electron chi connectivity index (χ4n) is 3.76. The molecule has 1 aliphatic heterocycles. The number of amides is 1. The summed E-state index contributed by atoms with van der Waals surface area (Å²) in [5.41, 5.74) is 1.92. The minimum atomic E-state index is -0.375. The van der Waals surface area contributed by atoms with Gasteiger partial charge in [0.2, 0.25) is 11.8 Å². The van der Waals surface area contributed by atoms with E-state index in [9.17, 15) is 14.9 Å². The molecule has 1 aliphatic rings. The van der Waals surface area contributed by atoms with Crippen molar-refractivity contribution in [2.75, 3.05) is 42.9 Å². The predicted octanol–water partition coefficient (Wildman–Crippen LogP) is 2.73. The first-order chi connectivity index (χ1) is 15.9. The molecular weight excluding hydrogens is 444 g/mol. The number of hydrogen-bond donors (Lipinski definition) is 1. The van der Waals surface area contributed by atoms with Gasteiger partial charge in [0, 0.05) is 31.7 Å². The van der Waals surface area contributed by atoms with E-state index >= 15 is 0 Å². The first kappa shape index (κ1) is 22.6. The maximum atomic E-state index is 12.7. The van der Waals surface area contributed by atoms with Gasteiger partial charge in [-0.15, -0.1) is 0 Å². The molecule has 33 heavy (non-hydrogen) atoms. The van der Waals surface area contributed by atoms with Crippen LogP contribution in [0.25, 0.3) is 5.69 Å². The molecule has 3 heterocycles. The van der Waals surface area contributed by atoms with Gasteiger partial charge in [-0.25, -0.2) is 0 Å². The van der Waals surface area contributed by atoms with Crippen molar-refractivity contribution in [3.05, 3.63) is 68.8 Å². The number of halogens is 1. The average molecular weight is 467 g/mol. The van der Waals surface area contributed by atoms with Crippen molar-refractivity contribution in [3.63, 3.8) is 0 Å². The highest BCUT2D eigenvalue weighted by Crippen LogP contribution is 2.26. The Morgan fingerprint density at radius 2 is 1.91 bits per heavy atom. The molecule has 1 amide bonds. The minimum Gasteiger partial charge on any atom is -0.444 e. The summed E-state index contributed by atoms with van der Waals surface area (Å²) in [4.78, 5) is 29.2. The van der Waals surface area contributed by atoms with Crippen LogP contribution in [0.15, 0.2) is 45.7 Å². The van der Waals surface area contributed by atoms with Crippen LogP contribution in [0.4, 0.5) is 11.6 Å². The Kier molecular flexibility index (Phi) is 6.49. The molecular formula is C23H23ClN6O3. The third-order valence-corrected chi connectivity index (χ3v) is 6.09. The monoisotopic (exact) mass is 466 g/mol. The third kappa shape index (κ3) is 4.62. The fourth-order valence-corrected chi connectivity index (χ4v) is 4.01. The number of carbonyl (C=O) groups excluding carboxylic acids is 1. The number of rotatable bonds is 5. The van der Waals surface area contributed by atoms with E-state index in [0.29, 0.717) is 48.9 Å². The number of para-hydroxylation sites is 1. The summed E-state index contributed by atoms with van der Waals surface area (Å²) >= 11 is 6.41. The first-order valence-corrected chi connectivity index (χ1v) is 10.9. The molecule has 1 saturated heterocycles. The Hall–Kier alpha value is -3.61. The molecule has 0 spiro atoms. The first-order valence-electron chi connectivity index (χ1n) is 10.5. The summed E-state index contributed by atoms with van der Waals surface area (Å²) in [5.74, 6) is 0.543. The molecule has 2 aromatic heterocycles. The van der Waals surface area contributed by atoms with Gasteiger partial charge >= 0.3 is 0 Å². The van der Waals surface area contributed by atoms with Crippen molar-refractivity contribution in [2.45, 2.75) is 13.8 Å². The second-order valence-corrected chi connectivity index (χ2v) is 8.18. The van der Waals surface area contributed by atoms with E-state index in [-0.39, 0.29) is 28.9 Å². The molecule has 0 radical (unpaired) electrons. The van der Waals surface area contributed by atoms with Crippen LogP contribution in [-0.4, -0.2) is 53.3 Å². The number of hydrogen-bond acceptors (Lipinski definition) is 7. The number of nitrogens with zero attached hydrogens (tertiary/aromatic N) is 5. The predicted molar refractivity (Wildman–Crippen MR) is 125 cm³/mol. The maximum absolute atomic E-state index is 12.7. The number of piperazine rings is 1. The zero-order valence-corrected chi connectivity index (χ0v) is 19.1. The van der Waals surface area contributed by atoms with Crippen LogP contribution >= 0.6 is 11.6 Å². The highest BCUT2D eigenvalue weighted by Gasteiger charge is 2.24. The number of nitrogens with one attached hydrogen (secondary N) is 1. The lowest BCUT2D eigenvalue weighted by Crippen LogP contribution is -2.49. The largest absolute Gasteiger partial charge is 0.444 e. The van der Waals surface area contributed by atoms with Gasteiger partial charge in [-0.3, -0.25) is 19.8 Å². The summed E-state index contributed by atoms with van der Waals surface area (Å²) < 4.78 is 6.78. The van der Waals surface area contributed by atoms with E-state index in [1.807, 2.05) is 28.0 Å². The number of aromatic nitrogens is 2.